The standard InChI is InChI=1S/C29H28N2O4/c1-17(2)20-8-10-21(11-9-20)28-23-13-12-22(14-26(23)35-29(31)24(28)15-30)34-27(32)16-33-25-7-5-6-18(3)19(25)4/h5-14,17,28H,16,31H2,1-4H3. The molecule has 2 N–H and O–H groups in total. The highest BCUT2D eigenvalue weighted by molar-refractivity contribution is 5.74. The van der Waals surface area contributed by atoms with Gasteiger partial charge in [-0.25, -0.2) is 4.79 Å². The summed E-state index contributed by atoms with van der Waals surface area (Å²) >= 11 is 0. The predicted octanol–water partition coefficient (Wildman–Crippen LogP) is 5.63. The van der Waals surface area contributed by atoms with Gasteiger partial charge in [0.1, 0.15) is 28.9 Å². The molecule has 1 atom stereocenters. The summed E-state index contributed by atoms with van der Waals surface area (Å²) in [6.45, 7) is 7.96. The van der Waals surface area contributed by atoms with Crippen LogP contribution in [0, 0.1) is 25.2 Å². The number of aryl methyl sites for hydroxylation is 1. The molecule has 6 heteroatoms. The first-order valence-corrected chi connectivity index (χ1v) is 11.5. The lowest BCUT2D eigenvalue weighted by Crippen LogP contribution is -2.22. The van der Waals surface area contributed by atoms with Crippen LogP contribution in [0.1, 0.15) is 53.5 Å². The second-order valence-electron chi connectivity index (χ2n) is 8.91. The SMILES string of the molecule is Cc1cccc(OCC(=O)Oc2ccc3c(c2)OC(N)=C(C#N)C3c2ccc(C(C)C)cc2)c1C. The Bertz CT molecular complexity index is 1330. The van der Waals surface area contributed by atoms with E-state index in [0.29, 0.717) is 28.7 Å². The normalized spacial score (nSPS) is 14.7. The molecule has 0 saturated heterocycles. The number of allylic oxidation sites excluding steroid dienone is 1. The van der Waals surface area contributed by atoms with Gasteiger partial charge in [0.05, 0.1) is 5.92 Å². The molecule has 3 aromatic carbocycles. The van der Waals surface area contributed by atoms with Gasteiger partial charge in [-0.15, -0.1) is 0 Å². The van der Waals surface area contributed by atoms with Crippen LogP contribution in [-0.2, 0) is 4.79 Å². The molecule has 0 radical (unpaired) electrons. The number of benzene rings is 3. The monoisotopic (exact) mass is 468 g/mol. The van der Waals surface area contributed by atoms with Crippen LogP contribution < -0.4 is 19.9 Å². The summed E-state index contributed by atoms with van der Waals surface area (Å²) in [6.07, 6.45) is 0. The fraction of sp³-hybridized carbons (Fsp3) is 0.241. The lowest BCUT2D eigenvalue weighted by molar-refractivity contribution is -0.136. The van der Waals surface area contributed by atoms with Crippen molar-refractivity contribution in [1.82, 2.24) is 0 Å². The molecular formula is C29H28N2O4. The van der Waals surface area contributed by atoms with Gasteiger partial charge in [0, 0.05) is 11.6 Å². The molecule has 0 spiro atoms. The first kappa shape index (κ1) is 23.9. The zero-order valence-corrected chi connectivity index (χ0v) is 20.3. The van der Waals surface area contributed by atoms with Crippen LogP contribution in [0.25, 0.3) is 0 Å². The predicted molar refractivity (Wildman–Crippen MR) is 133 cm³/mol. The van der Waals surface area contributed by atoms with Gasteiger partial charge in [0.25, 0.3) is 0 Å². The molecule has 1 aliphatic heterocycles. The van der Waals surface area contributed by atoms with Crippen molar-refractivity contribution in [2.75, 3.05) is 6.61 Å². The van der Waals surface area contributed by atoms with E-state index in [1.807, 2.05) is 44.2 Å². The molecule has 0 bridgehead atoms. The molecule has 1 aliphatic rings. The molecule has 1 heterocycles. The fourth-order valence-electron chi connectivity index (χ4n) is 4.09. The Morgan fingerprint density at radius 3 is 2.54 bits per heavy atom. The number of hydrogen-bond acceptors (Lipinski definition) is 6. The molecule has 0 saturated carbocycles. The third-order valence-corrected chi connectivity index (χ3v) is 6.26. The second kappa shape index (κ2) is 9.94. The van der Waals surface area contributed by atoms with Crippen molar-refractivity contribution in [3.63, 3.8) is 0 Å². The van der Waals surface area contributed by atoms with Gasteiger partial charge in [0.15, 0.2) is 6.61 Å². The summed E-state index contributed by atoms with van der Waals surface area (Å²) in [5, 5.41) is 9.77. The van der Waals surface area contributed by atoms with E-state index in [9.17, 15) is 10.1 Å². The Labute approximate surface area is 205 Å². The van der Waals surface area contributed by atoms with E-state index in [4.69, 9.17) is 19.9 Å². The molecule has 3 aromatic rings. The summed E-state index contributed by atoms with van der Waals surface area (Å²) in [7, 11) is 0. The highest BCUT2D eigenvalue weighted by atomic mass is 16.6. The molecule has 35 heavy (non-hydrogen) atoms. The molecule has 4 rings (SSSR count). The molecule has 1 unspecified atom stereocenters. The number of hydrogen-bond donors (Lipinski definition) is 1. The van der Waals surface area contributed by atoms with Gasteiger partial charge < -0.3 is 19.9 Å². The van der Waals surface area contributed by atoms with E-state index in [1.54, 1.807) is 18.2 Å². The third kappa shape index (κ3) is 4.99. The average Bonchev–Trinajstić information content (AvgIpc) is 2.84. The summed E-state index contributed by atoms with van der Waals surface area (Å²) in [4.78, 5) is 12.4. The van der Waals surface area contributed by atoms with E-state index < -0.39 is 5.97 Å². The Hall–Kier alpha value is -4.24. The summed E-state index contributed by atoms with van der Waals surface area (Å²) in [5.41, 5.74) is 11.4. The van der Waals surface area contributed by atoms with Gasteiger partial charge >= 0.3 is 5.97 Å². The minimum Gasteiger partial charge on any atom is -0.482 e. The van der Waals surface area contributed by atoms with Crippen LogP contribution in [0.5, 0.6) is 17.2 Å². The van der Waals surface area contributed by atoms with Crippen molar-refractivity contribution in [3.05, 3.63) is 99.9 Å². The second-order valence-corrected chi connectivity index (χ2v) is 8.91. The van der Waals surface area contributed by atoms with Crippen molar-refractivity contribution < 1.29 is 19.0 Å². The van der Waals surface area contributed by atoms with Gasteiger partial charge in [0.2, 0.25) is 5.88 Å². The number of ether oxygens (including phenoxy) is 3. The largest absolute Gasteiger partial charge is 0.482 e. The van der Waals surface area contributed by atoms with Crippen LogP contribution in [0.15, 0.2) is 72.1 Å². The zero-order chi connectivity index (χ0) is 25.1. The van der Waals surface area contributed by atoms with Crippen molar-refractivity contribution in [3.8, 4) is 23.3 Å². The quantitative estimate of drug-likeness (QED) is 0.372. The number of carbonyl (C=O) groups is 1. The number of fused-ring (bicyclic) bond motifs is 1. The average molecular weight is 469 g/mol. The van der Waals surface area contributed by atoms with Crippen LogP contribution in [0.2, 0.25) is 0 Å². The summed E-state index contributed by atoms with van der Waals surface area (Å²) < 4.78 is 16.9. The minimum absolute atomic E-state index is 0.0414. The number of esters is 1. The smallest absolute Gasteiger partial charge is 0.349 e. The molecule has 0 amide bonds. The number of rotatable bonds is 6. The van der Waals surface area contributed by atoms with Gasteiger partial charge in [-0.05, 0) is 54.2 Å². The van der Waals surface area contributed by atoms with Crippen molar-refractivity contribution in [1.29, 1.82) is 5.26 Å². The Balaban J connectivity index is 1.55. The maximum absolute atomic E-state index is 12.4. The van der Waals surface area contributed by atoms with Gasteiger partial charge in [-0.2, -0.15) is 5.26 Å². The van der Waals surface area contributed by atoms with E-state index >= 15 is 0 Å². The highest BCUT2D eigenvalue weighted by Crippen LogP contribution is 2.43. The van der Waals surface area contributed by atoms with Crippen molar-refractivity contribution in [2.45, 2.75) is 39.5 Å². The van der Waals surface area contributed by atoms with Crippen LogP contribution in [0.3, 0.4) is 0 Å². The molecule has 0 aliphatic carbocycles. The summed E-state index contributed by atoms with van der Waals surface area (Å²) in [5.74, 6) is 0.925. The van der Waals surface area contributed by atoms with Crippen LogP contribution in [0.4, 0.5) is 0 Å². The van der Waals surface area contributed by atoms with Gasteiger partial charge in [-0.1, -0.05) is 56.3 Å². The van der Waals surface area contributed by atoms with Crippen LogP contribution >= 0.6 is 0 Å². The Morgan fingerprint density at radius 2 is 1.86 bits per heavy atom. The maximum atomic E-state index is 12.4. The molecule has 178 valence electrons. The van der Waals surface area contributed by atoms with Crippen molar-refractivity contribution >= 4 is 5.97 Å². The van der Waals surface area contributed by atoms with E-state index in [1.165, 1.54) is 5.56 Å². The van der Waals surface area contributed by atoms with E-state index in [-0.39, 0.29) is 18.4 Å². The molecule has 0 fully saturated rings. The maximum Gasteiger partial charge on any atom is 0.349 e. The minimum atomic E-state index is -0.538. The zero-order valence-electron chi connectivity index (χ0n) is 20.3. The highest BCUT2D eigenvalue weighted by Gasteiger charge is 2.31. The fourth-order valence-corrected chi connectivity index (χ4v) is 4.09. The number of nitrogens with zero attached hydrogens (tertiary/aromatic N) is 1. The van der Waals surface area contributed by atoms with Crippen molar-refractivity contribution in [2.24, 2.45) is 5.73 Å². The van der Waals surface area contributed by atoms with E-state index in [0.717, 1.165) is 22.3 Å². The lowest BCUT2D eigenvalue weighted by atomic mass is 9.83. The number of carbonyl (C=O) groups excluding carboxylic acids is 1. The first-order valence-electron chi connectivity index (χ1n) is 11.5. The molecule has 6 nitrogen and oxygen atoms in total. The lowest BCUT2D eigenvalue weighted by Gasteiger charge is -2.27. The summed E-state index contributed by atoms with van der Waals surface area (Å²) in [6, 6.07) is 21.1. The number of nitrogens with two attached hydrogens (primary N) is 1. The Morgan fingerprint density at radius 1 is 1.11 bits per heavy atom. The third-order valence-electron chi connectivity index (χ3n) is 6.26. The van der Waals surface area contributed by atoms with E-state index in [2.05, 4.69) is 32.0 Å². The molecule has 0 aromatic heterocycles. The first-order chi connectivity index (χ1) is 16.8. The number of nitriles is 1. The topological polar surface area (TPSA) is 94.6 Å². The Kier molecular flexibility index (Phi) is 6.79. The molecular weight excluding hydrogens is 440 g/mol. The van der Waals surface area contributed by atoms with Crippen LogP contribution in [-0.4, -0.2) is 12.6 Å². The van der Waals surface area contributed by atoms with Gasteiger partial charge in [-0.3, -0.25) is 0 Å².